The van der Waals surface area contributed by atoms with Gasteiger partial charge in [-0.15, -0.1) is 0 Å². The fraction of sp³-hybridized carbons (Fsp3) is 0.875. The molecule has 3 heteroatoms. The number of unbranched alkanes of at least 4 members (excludes halogenated alkanes) is 2. The Kier molecular flexibility index (Phi) is 7.00. The van der Waals surface area contributed by atoms with Crippen LogP contribution in [0.25, 0.3) is 0 Å². The van der Waals surface area contributed by atoms with Gasteiger partial charge in [-0.2, -0.15) is 0 Å². The third kappa shape index (κ3) is 9.34. The quantitative estimate of drug-likeness (QED) is 0.327. The standard InChI is InChI=1S/C8H16N2O/c1-10(2)7-5-3-4-6-9-8-11/h3-7H2,1-2H3. The maximum Gasteiger partial charge on any atom is 0.234 e. The lowest BCUT2D eigenvalue weighted by Crippen LogP contribution is -2.12. The topological polar surface area (TPSA) is 32.7 Å². The van der Waals surface area contributed by atoms with Crippen molar-refractivity contribution in [3.05, 3.63) is 0 Å². The molecule has 0 saturated carbocycles. The third-order valence-electron chi connectivity index (χ3n) is 1.44. The van der Waals surface area contributed by atoms with Crippen LogP contribution in [0.2, 0.25) is 0 Å². The van der Waals surface area contributed by atoms with E-state index in [1.54, 1.807) is 0 Å². The molecular weight excluding hydrogens is 140 g/mol. The van der Waals surface area contributed by atoms with Gasteiger partial charge in [0.2, 0.25) is 6.08 Å². The summed E-state index contributed by atoms with van der Waals surface area (Å²) in [4.78, 5) is 15.3. The van der Waals surface area contributed by atoms with Gasteiger partial charge >= 0.3 is 0 Å². The zero-order chi connectivity index (χ0) is 8.53. The van der Waals surface area contributed by atoms with Crippen LogP contribution in [0.5, 0.6) is 0 Å². The molecule has 0 unspecified atom stereocenters. The van der Waals surface area contributed by atoms with E-state index in [1.165, 1.54) is 12.5 Å². The lowest BCUT2D eigenvalue weighted by Gasteiger charge is -2.07. The van der Waals surface area contributed by atoms with E-state index in [-0.39, 0.29) is 0 Å². The number of isocyanates is 1. The molecule has 0 amide bonds. The van der Waals surface area contributed by atoms with Gasteiger partial charge in [0.25, 0.3) is 0 Å². The zero-order valence-electron chi connectivity index (χ0n) is 7.34. The van der Waals surface area contributed by atoms with Crippen molar-refractivity contribution in [3.63, 3.8) is 0 Å². The van der Waals surface area contributed by atoms with Gasteiger partial charge in [-0.25, -0.2) is 9.79 Å². The monoisotopic (exact) mass is 156 g/mol. The van der Waals surface area contributed by atoms with E-state index in [9.17, 15) is 4.79 Å². The molecule has 64 valence electrons. The molecule has 0 N–H and O–H groups in total. The first-order valence-corrected chi connectivity index (χ1v) is 3.95. The fourth-order valence-corrected chi connectivity index (χ4v) is 0.841. The Hall–Kier alpha value is -0.660. The summed E-state index contributed by atoms with van der Waals surface area (Å²) in [5.74, 6) is 0. The predicted octanol–water partition coefficient (Wildman–Crippen LogP) is 1.05. The van der Waals surface area contributed by atoms with Crippen LogP contribution < -0.4 is 0 Å². The highest BCUT2D eigenvalue weighted by molar-refractivity contribution is 5.32. The van der Waals surface area contributed by atoms with Gasteiger partial charge in [-0.3, -0.25) is 0 Å². The van der Waals surface area contributed by atoms with Gasteiger partial charge in [-0.1, -0.05) is 6.42 Å². The van der Waals surface area contributed by atoms with Crippen LogP contribution in [0, 0.1) is 0 Å². The highest BCUT2D eigenvalue weighted by atomic mass is 16.1. The van der Waals surface area contributed by atoms with Crippen molar-refractivity contribution < 1.29 is 4.79 Å². The predicted molar refractivity (Wildman–Crippen MR) is 45.4 cm³/mol. The average molecular weight is 156 g/mol. The van der Waals surface area contributed by atoms with Crippen LogP contribution in [0.3, 0.4) is 0 Å². The van der Waals surface area contributed by atoms with Crippen molar-refractivity contribution >= 4 is 6.08 Å². The van der Waals surface area contributed by atoms with Crippen molar-refractivity contribution in [2.75, 3.05) is 27.2 Å². The summed E-state index contributed by atoms with van der Waals surface area (Å²) in [5.41, 5.74) is 0. The van der Waals surface area contributed by atoms with Gasteiger partial charge < -0.3 is 4.90 Å². The second kappa shape index (κ2) is 7.45. The molecule has 0 spiro atoms. The maximum atomic E-state index is 9.65. The Morgan fingerprint density at radius 3 is 2.55 bits per heavy atom. The van der Waals surface area contributed by atoms with Crippen LogP contribution in [-0.2, 0) is 4.79 Å². The normalized spacial score (nSPS) is 9.73. The first-order chi connectivity index (χ1) is 5.27. The second-order valence-electron chi connectivity index (χ2n) is 2.84. The lowest BCUT2D eigenvalue weighted by molar-refractivity contribution is 0.392. The largest absolute Gasteiger partial charge is 0.309 e. The minimum absolute atomic E-state index is 0.636. The number of rotatable bonds is 6. The van der Waals surface area contributed by atoms with Gasteiger partial charge in [0, 0.05) is 0 Å². The fourth-order valence-electron chi connectivity index (χ4n) is 0.841. The minimum atomic E-state index is 0.636. The molecule has 0 aliphatic heterocycles. The summed E-state index contributed by atoms with van der Waals surface area (Å²) in [6, 6.07) is 0. The second-order valence-corrected chi connectivity index (χ2v) is 2.84. The van der Waals surface area contributed by atoms with Crippen molar-refractivity contribution in [1.82, 2.24) is 4.90 Å². The molecule has 0 aromatic carbocycles. The molecule has 0 bridgehead atoms. The first kappa shape index (κ1) is 10.3. The van der Waals surface area contributed by atoms with E-state index in [0.29, 0.717) is 6.54 Å². The Bertz CT molecular complexity index is 128. The van der Waals surface area contributed by atoms with Gasteiger partial charge in [0.15, 0.2) is 0 Å². The molecule has 0 heterocycles. The summed E-state index contributed by atoms with van der Waals surface area (Å²) >= 11 is 0. The van der Waals surface area contributed by atoms with Gasteiger partial charge in [0.1, 0.15) is 0 Å². The third-order valence-corrected chi connectivity index (χ3v) is 1.44. The summed E-state index contributed by atoms with van der Waals surface area (Å²) in [5, 5.41) is 0. The van der Waals surface area contributed by atoms with Crippen LogP contribution in [0.1, 0.15) is 19.3 Å². The van der Waals surface area contributed by atoms with E-state index >= 15 is 0 Å². The van der Waals surface area contributed by atoms with E-state index < -0.39 is 0 Å². The van der Waals surface area contributed by atoms with E-state index in [1.807, 2.05) is 0 Å². The van der Waals surface area contributed by atoms with E-state index in [2.05, 4.69) is 24.0 Å². The molecule has 0 aliphatic rings. The highest BCUT2D eigenvalue weighted by Gasteiger charge is 1.89. The summed E-state index contributed by atoms with van der Waals surface area (Å²) in [7, 11) is 4.12. The lowest BCUT2D eigenvalue weighted by atomic mass is 10.2. The minimum Gasteiger partial charge on any atom is -0.309 e. The number of hydrogen-bond donors (Lipinski definition) is 0. The Labute approximate surface area is 68.1 Å². The van der Waals surface area contributed by atoms with E-state index in [0.717, 1.165) is 19.4 Å². The summed E-state index contributed by atoms with van der Waals surface area (Å²) in [6.07, 6.45) is 4.86. The van der Waals surface area contributed by atoms with E-state index in [4.69, 9.17) is 0 Å². The van der Waals surface area contributed by atoms with Crippen molar-refractivity contribution in [1.29, 1.82) is 0 Å². The van der Waals surface area contributed by atoms with Gasteiger partial charge in [-0.05, 0) is 33.5 Å². The SMILES string of the molecule is CN(C)CCCCCN=C=O. The molecule has 0 atom stereocenters. The van der Waals surface area contributed by atoms with Crippen LogP contribution >= 0.6 is 0 Å². The molecule has 3 nitrogen and oxygen atoms in total. The summed E-state index contributed by atoms with van der Waals surface area (Å²) < 4.78 is 0. The molecule has 0 radical (unpaired) electrons. The van der Waals surface area contributed by atoms with Crippen LogP contribution in [0.15, 0.2) is 4.99 Å². The maximum absolute atomic E-state index is 9.65. The first-order valence-electron chi connectivity index (χ1n) is 3.95. The van der Waals surface area contributed by atoms with Crippen molar-refractivity contribution in [2.24, 2.45) is 4.99 Å². The summed E-state index contributed by atoms with van der Waals surface area (Å²) in [6.45, 7) is 1.75. The molecule has 0 fully saturated rings. The molecule has 0 aliphatic carbocycles. The Morgan fingerprint density at radius 2 is 2.00 bits per heavy atom. The Morgan fingerprint density at radius 1 is 1.27 bits per heavy atom. The van der Waals surface area contributed by atoms with Crippen molar-refractivity contribution in [2.45, 2.75) is 19.3 Å². The zero-order valence-corrected chi connectivity index (χ0v) is 7.34. The van der Waals surface area contributed by atoms with Crippen LogP contribution in [-0.4, -0.2) is 38.2 Å². The average Bonchev–Trinajstić information content (AvgIpc) is 1.96. The smallest absolute Gasteiger partial charge is 0.234 e. The number of nitrogens with zero attached hydrogens (tertiary/aromatic N) is 2. The van der Waals surface area contributed by atoms with Crippen molar-refractivity contribution in [3.8, 4) is 0 Å². The molecule has 0 rings (SSSR count). The molecule has 0 saturated heterocycles. The van der Waals surface area contributed by atoms with Crippen LogP contribution in [0.4, 0.5) is 0 Å². The highest BCUT2D eigenvalue weighted by Crippen LogP contribution is 1.95. The van der Waals surface area contributed by atoms with Gasteiger partial charge in [0.05, 0.1) is 6.54 Å². The number of hydrogen-bond acceptors (Lipinski definition) is 3. The Balaban J connectivity index is 2.96. The number of carbonyl (C=O) groups excluding carboxylic acids is 1. The number of aliphatic imine (C=N–C) groups is 1. The molecule has 0 aromatic rings. The molecule has 11 heavy (non-hydrogen) atoms. The molecule has 0 aromatic heterocycles. The molecular formula is C8H16N2O.